The minimum Gasteiger partial charge on any atom is -0.493 e. The molecule has 0 aliphatic heterocycles. The van der Waals surface area contributed by atoms with Gasteiger partial charge in [0.1, 0.15) is 0 Å². The van der Waals surface area contributed by atoms with Gasteiger partial charge in [-0.15, -0.1) is 0 Å². The van der Waals surface area contributed by atoms with Crippen molar-refractivity contribution in [1.82, 2.24) is 4.98 Å². The molecule has 0 aliphatic carbocycles. The summed E-state index contributed by atoms with van der Waals surface area (Å²) < 4.78 is 10.9. The quantitative estimate of drug-likeness (QED) is 0.602. The lowest BCUT2D eigenvalue weighted by Gasteiger charge is -2.13. The standard InChI is InChI=1S/C18H19NO3/c1-4-22-18-13(2)11-14(12-17(18)21-3)5-6-16(20)15-7-9-19-10-8-15/h5-12H,4H2,1-3H3/b6-5+. The highest BCUT2D eigenvalue weighted by Crippen LogP contribution is 2.32. The molecule has 0 amide bonds. The molecule has 2 aromatic rings. The van der Waals surface area contributed by atoms with Gasteiger partial charge in [-0.3, -0.25) is 9.78 Å². The third-order valence-electron chi connectivity index (χ3n) is 3.16. The van der Waals surface area contributed by atoms with E-state index >= 15 is 0 Å². The molecule has 4 heteroatoms. The van der Waals surface area contributed by atoms with E-state index in [2.05, 4.69) is 4.98 Å². The summed E-state index contributed by atoms with van der Waals surface area (Å²) in [5.41, 5.74) is 2.47. The fourth-order valence-electron chi connectivity index (χ4n) is 2.13. The first-order valence-corrected chi connectivity index (χ1v) is 7.09. The third-order valence-corrected chi connectivity index (χ3v) is 3.16. The van der Waals surface area contributed by atoms with Crippen LogP contribution in [0.1, 0.15) is 28.4 Å². The normalized spacial score (nSPS) is 10.7. The number of nitrogens with zero attached hydrogens (tertiary/aromatic N) is 1. The van der Waals surface area contributed by atoms with E-state index in [4.69, 9.17) is 9.47 Å². The molecule has 0 aliphatic rings. The Morgan fingerprint density at radius 2 is 2.00 bits per heavy atom. The van der Waals surface area contributed by atoms with Gasteiger partial charge in [0.2, 0.25) is 0 Å². The molecule has 114 valence electrons. The zero-order valence-corrected chi connectivity index (χ0v) is 13.0. The number of hydrogen-bond acceptors (Lipinski definition) is 4. The Balaban J connectivity index is 2.24. The number of hydrogen-bond donors (Lipinski definition) is 0. The molecule has 0 saturated heterocycles. The van der Waals surface area contributed by atoms with Crippen LogP contribution in [0.2, 0.25) is 0 Å². The average Bonchev–Trinajstić information content (AvgIpc) is 2.55. The van der Waals surface area contributed by atoms with Crippen molar-refractivity contribution in [3.63, 3.8) is 0 Å². The Morgan fingerprint density at radius 3 is 2.64 bits per heavy atom. The summed E-state index contributed by atoms with van der Waals surface area (Å²) in [6.07, 6.45) is 6.52. The van der Waals surface area contributed by atoms with Crippen LogP contribution in [-0.4, -0.2) is 24.5 Å². The van der Waals surface area contributed by atoms with Crippen molar-refractivity contribution >= 4 is 11.9 Å². The SMILES string of the molecule is CCOc1c(C)cc(/C=C/C(=O)c2ccncc2)cc1OC. The Bertz CT molecular complexity index is 678. The number of carbonyl (C=O) groups excluding carboxylic acids is 1. The summed E-state index contributed by atoms with van der Waals surface area (Å²) in [7, 11) is 1.60. The summed E-state index contributed by atoms with van der Waals surface area (Å²) >= 11 is 0. The molecule has 1 heterocycles. The number of carbonyl (C=O) groups is 1. The van der Waals surface area contributed by atoms with Crippen molar-refractivity contribution in [3.8, 4) is 11.5 Å². The number of aryl methyl sites for hydroxylation is 1. The highest BCUT2D eigenvalue weighted by molar-refractivity contribution is 6.06. The first-order valence-electron chi connectivity index (χ1n) is 7.09. The zero-order chi connectivity index (χ0) is 15.9. The van der Waals surface area contributed by atoms with E-state index in [0.717, 1.165) is 16.9 Å². The molecular weight excluding hydrogens is 278 g/mol. The number of aromatic nitrogens is 1. The van der Waals surface area contributed by atoms with Gasteiger partial charge < -0.3 is 9.47 Å². The van der Waals surface area contributed by atoms with Crippen LogP contribution < -0.4 is 9.47 Å². The predicted molar refractivity (Wildman–Crippen MR) is 86.5 cm³/mol. The number of pyridine rings is 1. The zero-order valence-electron chi connectivity index (χ0n) is 13.0. The maximum absolute atomic E-state index is 12.1. The van der Waals surface area contributed by atoms with Gasteiger partial charge >= 0.3 is 0 Å². The minimum atomic E-state index is -0.0621. The monoisotopic (exact) mass is 297 g/mol. The molecule has 0 spiro atoms. The molecule has 0 N–H and O–H groups in total. The van der Waals surface area contributed by atoms with Crippen molar-refractivity contribution in [2.45, 2.75) is 13.8 Å². The summed E-state index contributed by atoms with van der Waals surface area (Å²) in [6, 6.07) is 7.20. The Morgan fingerprint density at radius 1 is 1.27 bits per heavy atom. The maximum Gasteiger partial charge on any atom is 0.185 e. The fourth-order valence-corrected chi connectivity index (χ4v) is 2.13. The number of ketones is 1. The second-order valence-electron chi connectivity index (χ2n) is 4.74. The van der Waals surface area contributed by atoms with E-state index in [-0.39, 0.29) is 5.78 Å². The minimum absolute atomic E-state index is 0.0621. The summed E-state index contributed by atoms with van der Waals surface area (Å²) in [4.78, 5) is 16.0. The lowest BCUT2D eigenvalue weighted by Crippen LogP contribution is -1.98. The Kier molecular flexibility index (Phi) is 5.31. The van der Waals surface area contributed by atoms with Crippen LogP contribution in [0.5, 0.6) is 11.5 Å². The van der Waals surface area contributed by atoms with Crippen molar-refractivity contribution in [1.29, 1.82) is 0 Å². The van der Waals surface area contributed by atoms with Gasteiger partial charge in [0, 0.05) is 18.0 Å². The molecule has 0 fully saturated rings. The molecule has 0 bridgehead atoms. The van der Waals surface area contributed by atoms with Gasteiger partial charge in [0.05, 0.1) is 13.7 Å². The highest BCUT2D eigenvalue weighted by Gasteiger charge is 2.09. The van der Waals surface area contributed by atoms with Gasteiger partial charge in [-0.1, -0.05) is 6.08 Å². The van der Waals surface area contributed by atoms with Gasteiger partial charge in [-0.05, 0) is 55.3 Å². The van der Waals surface area contributed by atoms with Gasteiger partial charge in [0.25, 0.3) is 0 Å². The molecule has 1 aromatic carbocycles. The van der Waals surface area contributed by atoms with Crippen LogP contribution in [0.15, 0.2) is 42.7 Å². The van der Waals surface area contributed by atoms with Crippen molar-refractivity contribution < 1.29 is 14.3 Å². The molecule has 0 unspecified atom stereocenters. The summed E-state index contributed by atoms with van der Waals surface area (Å²) in [6.45, 7) is 4.46. The molecule has 0 saturated carbocycles. The average molecular weight is 297 g/mol. The fraction of sp³-hybridized carbons (Fsp3) is 0.222. The van der Waals surface area contributed by atoms with E-state index in [1.54, 1.807) is 43.8 Å². The van der Waals surface area contributed by atoms with Gasteiger partial charge in [-0.25, -0.2) is 0 Å². The highest BCUT2D eigenvalue weighted by atomic mass is 16.5. The number of rotatable bonds is 6. The van der Waals surface area contributed by atoms with E-state index in [0.29, 0.717) is 17.9 Å². The van der Waals surface area contributed by atoms with Crippen LogP contribution >= 0.6 is 0 Å². The lowest BCUT2D eigenvalue weighted by atomic mass is 10.1. The second-order valence-corrected chi connectivity index (χ2v) is 4.74. The van der Waals surface area contributed by atoms with Crippen LogP contribution in [0.4, 0.5) is 0 Å². The van der Waals surface area contributed by atoms with E-state index in [1.165, 1.54) is 0 Å². The Hall–Kier alpha value is -2.62. The van der Waals surface area contributed by atoms with Crippen molar-refractivity contribution in [2.75, 3.05) is 13.7 Å². The third kappa shape index (κ3) is 3.73. The smallest absolute Gasteiger partial charge is 0.185 e. The molecule has 4 nitrogen and oxygen atoms in total. The first kappa shape index (κ1) is 15.8. The largest absolute Gasteiger partial charge is 0.493 e. The number of allylic oxidation sites excluding steroid dienone is 1. The summed E-state index contributed by atoms with van der Waals surface area (Å²) in [5, 5.41) is 0. The molecule has 2 rings (SSSR count). The lowest BCUT2D eigenvalue weighted by molar-refractivity contribution is 0.104. The van der Waals surface area contributed by atoms with Crippen LogP contribution in [0, 0.1) is 6.92 Å². The molecule has 1 aromatic heterocycles. The van der Waals surface area contributed by atoms with E-state index in [9.17, 15) is 4.79 Å². The topological polar surface area (TPSA) is 48.4 Å². The van der Waals surface area contributed by atoms with E-state index < -0.39 is 0 Å². The second kappa shape index (κ2) is 7.41. The number of benzene rings is 1. The molecular formula is C18H19NO3. The van der Waals surface area contributed by atoms with Crippen molar-refractivity contribution in [3.05, 3.63) is 59.4 Å². The predicted octanol–water partition coefficient (Wildman–Crippen LogP) is 3.69. The first-order chi connectivity index (χ1) is 10.7. The number of methoxy groups -OCH3 is 1. The summed E-state index contributed by atoms with van der Waals surface area (Å²) in [5.74, 6) is 1.34. The molecule has 0 atom stereocenters. The maximum atomic E-state index is 12.1. The molecule has 0 radical (unpaired) electrons. The van der Waals surface area contributed by atoms with Crippen LogP contribution in [-0.2, 0) is 0 Å². The van der Waals surface area contributed by atoms with Gasteiger partial charge in [-0.2, -0.15) is 0 Å². The van der Waals surface area contributed by atoms with E-state index in [1.807, 2.05) is 26.0 Å². The molecule has 22 heavy (non-hydrogen) atoms. The number of ether oxygens (including phenoxy) is 2. The van der Waals surface area contributed by atoms with Crippen molar-refractivity contribution in [2.24, 2.45) is 0 Å². The Labute approximate surface area is 130 Å². The van der Waals surface area contributed by atoms with Crippen LogP contribution in [0.3, 0.4) is 0 Å². The van der Waals surface area contributed by atoms with Gasteiger partial charge in [0.15, 0.2) is 17.3 Å². The van der Waals surface area contributed by atoms with Crippen LogP contribution in [0.25, 0.3) is 6.08 Å².